The van der Waals surface area contributed by atoms with Crippen LogP contribution in [0.3, 0.4) is 0 Å². The van der Waals surface area contributed by atoms with Crippen LogP contribution in [0.1, 0.15) is 18.6 Å². The van der Waals surface area contributed by atoms with E-state index < -0.39 is 6.10 Å². The molecule has 0 aliphatic carbocycles. The summed E-state index contributed by atoms with van der Waals surface area (Å²) in [4.78, 5) is 15.8. The first-order valence-corrected chi connectivity index (χ1v) is 6.81. The van der Waals surface area contributed by atoms with E-state index in [0.29, 0.717) is 15.8 Å². The second-order valence-corrected chi connectivity index (χ2v) is 5.09. The third kappa shape index (κ3) is 3.79. The normalized spacial score (nSPS) is 11.8. The van der Waals surface area contributed by atoms with Gasteiger partial charge in [-0.25, -0.2) is 4.79 Å². The van der Waals surface area contributed by atoms with Crippen LogP contribution in [-0.4, -0.2) is 16.1 Å². The number of urea groups is 1. The van der Waals surface area contributed by atoms with Gasteiger partial charge in [-0.05, 0) is 46.6 Å². The summed E-state index contributed by atoms with van der Waals surface area (Å²) in [5.41, 5.74) is 1.99. The number of carbonyl (C=O) groups excluding carboxylic acids is 1. The molecule has 1 unspecified atom stereocenters. The van der Waals surface area contributed by atoms with Crippen LogP contribution < -0.4 is 10.6 Å². The average Bonchev–Trinajstić information content (AvgIpc) is 2.41. The molecule has 1 aromatic heterocycles. The Bertz CT molecular complexity index is 617. The van der Waals surface area contributed by atoms with Crippen LogP contribution >= 0.6 is 15.9 Å². The molecule has 0 aliphatic rings. The van der Waals surface area contributed by atoms with Gasteiger partial charge in [0.25, 0.3) is 0 Å². The van der Waals surface area contributed by atoms with Crippen LogP contribution in [0, 0.1) is 0 Å². The summed E-state index contributed by atoms with van der Waals surface area (Å²) in [6.45, 7) is 1.67. The molecule has 104 valence electrons. The first-order valence-electron chi connectivity index (χ1n) is 6.02. The van der Waals surface area contributed by atoms with Crippen LogP contribution in [0.4, 0.5) is 16.2 Å². The number of aliphatic hydroxyl groups is 1. The molecule has 0 saturated carbocycles. The fraction of sp³-hybridized carbons (Fsp3) is 0.143. The molecule has 2 rings (SSSR count). The van der Waals surface area contributed by atoms with Crippen molar-refractivity contribution in [2.75, 3.05) is 10.6 Å². The van der Waals surface area contributed by atoms with E-state index in [9.17, 15) is 9.90 Å². The molecule has 0 aliphatic heterocycles. The number of amides is 2. The molecule has 6 heteroatoms. The van der Waals surface area contributed by atoms with E-state index in [0.717, 1.165) is 5.56 Å². The highest BCUT2D eigenvalue weighted by molar-refractivity contribution is 9.10. The Hall–Kier alpha value is -1.92. The Morgan fingerprint density at radius 1 is 1.35 bits per heavy atom. The Morgan fingerprint density at radius 2 is 2.15 bits per heavy atom. The predicted octanol–water partition coefficient (Wildman–Crippen LogP) is 3.54. The Balaban J connectivity index is 2.05. The van der Waals surface area contributed by atoms with Crippen molar-refractivity contribution in [2.45, 2.75) is 13.0 Å². The van der Waals surface area contributed by atoms with Crippen molar-refractivity contribution in [3.63, 3.8) is 0 Å². The van der Waals surface area contributed by atoms with Gasteiger partial charge in [0.15, 0.2) is 0 Å². The zero-order valence-corrected chi connectivity index (χ0v) is 12.4. The quantitative estimate of drug-likeness (QED) is 0.803. The molecule has 1 heterocycles. The van der Waals surface area contributed by atoms with Gasteiger partial charge in [0.1, 0.15) is 0 Å². The third-order valence-corrected chi connectivity index (χ3v) is 3.28. The van der Waals surface area contributed by atoms with E-state index in [-0.39, 0.29) is 6.03 Å². The molecule has 3 N–H and O–H groups in total. The van der Waals surface area contributed by atoms with E-state index >= 15 is 0 Å². The van der Waals surface area contributed by atoms with Gasteiger partial charge in [-0.1, -0.05) is 12.1 Å². The topological polar surface area (TPSA) is 74.2 Å². The molecule has 2 aromatic rings. The standard InChI is InChI=1S/C14H14BrN3O2/c1-9(19)10-3-2-4-11(7-10)17-14(20)18-13-5-6-16-8-12(13)15/h2-9,19H,1H3,(H2,16,17,18,20). The summed E-state index contributed by atoms with van der Waals surface area (Å²) in [6, 6.07) is 8.39. The number of hydrogen-bond acceptors (Lipinski definition) is 3. The lowest BCUT2D eigenvalue weighted by Crippen LogP contribution is -2.19. The van der Waals surface area contributed by atoms with Gasteiger partial charge >= 0.3 is 6.03 Å². The first-order chi connectivity index (χ1) is 9.56. The van der Waals surface area contributed by atoms with E-state index in [1.165, 1.54) is 0 Å². The molecule has 5 nitrogen and oxygen atoms in total. The minimum atomic E-state index is -0.575. The smallest absolute Gasteiger partial charge is 0.323 e. The molecule has 0 radical (unpaired) electrons. The lowest BCUT2D eigenvalue weighted by molar-refractivity contribution is 0.199. The van der Waals surface area contributed by atoms with Gasteiger partial charge < -0.3 is 15.7 Å². The SMILES string of the molecule is CC(O)c1cccc(NC(=O)Nc2ccncc2Br)c1. The molecule has 0 saturated heterocycles. The van der Waals surface area contributed by atoms with Crippen LogP contribution in [0.2, 0.25) is 0 Å². The number of aliphatic hydroxyl groups excluding tert-OH is 1. The Labute approximate surface area is 125 Å². The number of nitrogens with zero attached hydrogens (tertiary/aromatic N) is 1. The van der Waals surface area contributed by atoms with Crippen molar-refractivity contribution in [1.82, 2.24) is 4.98 Å². The lowest BCUT2D eigenvalue weighted by Gasteiger charge is -2.10. The Kier molecular flexibility index (Phi) is 4.70. The highest BCUT2D eigenvalue weighted by Gasteiger charge is 2.07. The number of nitrogens with one attached hydrogen (secondary N) is 2. The molecule has 0 spiro atoms. The maximum absolute atomic E-state index is 11.9. The van der Waals surface area contributed by atoms with Gasteiger partial charge in [0.2, 0.25) is 0 Å². The Morgan fingerprint density at radius 3 is 2.85 bits per heavy atom. The van der Waals surface area contributed by atoms with Gasteiger partial charge in [-0.3, -0.25) is 4.98 Å². The van der Waals surface area contributed by atoms with Crippen molar-refractivity contribution in [3.05, 3.63) is 52.8 Å². The van der Waals surface area contributed by atoms with Gasteiger partial charge in [-0.15, -0.1) is 0 Å². The number of halogens is 1. The fourth-order valence-corrected chi connectivity index (χ4v) is 1.99. The number of pyridine rings is 1. The van der Waals surface area contributed by atoms with E-state index in [4.69, 9.17) is 0 Å². The summed E-state index contributed by atoms with van der Waals surface area (Å²) in [5, 5.41) is 14.9. The minimum Gasteiger partial charge on any atom is -0.389 e. The monoisotopic (exact) mass is 335 g/mol. The number of carbonyl (C=O) groups is 1. The highest BCUT2D eigenvalue weighted by atomic mass is 79.9. The van der Waals surface area contributed by atoms with Crippen molar-refractivity contribution in [3.8, 4) is 0 Å². The van der Waals surface area contributed by atoms with Gasteiger partial charge in [0.05, 0.1) is 16.3 Å². The van der Waals surface area contributed by atoms with Crippen molar-refractivity contribution < 1.29 is 9.90 Å². The van der Waals surface area contributed by atoms with Crippen LogP contribution in [0.5, 0.6) is 0 Å². The van der Waals surface area contributed by atoms with Crippen LogP contribution in [0.15, 0.2) is 47.2 Å². The molecular weight excluding hydrogens is 322 g/mol. The summed E-state index contributed by atoms with van der Waals surface area (Å²) in [5.74, 6) is 0. The lowest BCUT2D eigenvalue weighted by atomic mass is 10.1. The van der Waals surface area contributed by atoms with E-state index in [1.807, 2.05) is 0 Å². The molecule has 20 heavy (non-hydrogen) atoms. The van der Waals surface area contributed by atoms with E-state index in [1.54, 1.807) is 49.6 Å². The van der Waals surface area contributed by atoms with E-state index in [2.05, 4.69) is 31.5 Å². The first kappa shape index (κ1) is 14.5. The maximum atomic E-state index is 11.9. The fourth-order valence-electron chi connectivity index (χ4n) is 1.64. The zero-order valence-electron chi connectivity index (χ0n) is 10.8. The second kappa shape index (κ2) is 6.49. The number of anilines is 2. The maximum Gasteiger partial charge on any atom is 0.323 e. The largest absolute Gasteiger partial charge is 0.389 e. The molecule has 1 atom stereocenters. The molecule has 1 aromatic carbocycles. The molecule has 0 bridgehead atoms. The highest BCUT2D eigenvalue weighted by Crippen LogP contribution is 2.21. The van der Waals surface area contributed by atoms with Crippen LogP contribution in [0.25, 0.3) is 0 Å². The average molecular weight is 336 g/mol. The summed E-state index contributed by atoms with van der Waals surface area (Å²) < 4.78 is 0.702. The van der Waals surface area contributed by atoms with Crippen molar-refractivity contribution in [1.29, 1.82) is 0 Å². The summed E-state index contributed by atoms with van der Waals surface area (Å²) in [6.07, 6.45) is 2.62. The third-order valence-electron chi connectivity index (χ3n) is 2.65. The zero-order chi connectivity index (χ0) is 14.5. The van der Waals surface area contributed by atoms with Gasteiger partial charge in [0, 0.05) is 18.1 Å². The number of benzene rings is 1. The van der Waals surface area contributed by atoms with Gasteiger partial charge in [-0.2, -0.15) is 0 Å². The van der Waals surface area contributed by atoms with Crippen molar-refractivity contribution >= 4 is 33.3 Å². The molecular formula is C14H14BrN3O2. The summed E-state index contributed by atoms with van der Waals surface area (Å²) >= 11 is 3.30. The molecule has 0 fully saturated rings. The number of rotatable bonds is 3. The number of aromatic nitrogens is 1. The summed E-state index contributed by atoms with van der Waals surface area (Å²) in [7, 11) is 0. The van der Waals surface area contributed by atoms with Crippen LogP contribution in [-0.2, 0) is 0 Å². The van der Waals surface area contributed by atoms with Crippen molar-refractivity contribution in [2.24, 2.45) is 0 Å². The molecule has 2 amide bonds. The minimum absolute atomic E-state index is 0.361. The predicted molar refractivity (Wildman–Crippen MR) is 81.7 cm³/mol. The second-order valence-electron chi connectivity index (χ2n) is 4.24. The number of hydrogen-bond donors (Lipinski definition) is 3.